The minimum absolute atomic E-state index is 0.785. The van der Waals surface area contributed by atoms with E-state index < -0.39 is 5.60 Å². The minimum Gasteiger partial charge on any atom is -0.497 e. The van der Waals surface area contributed by atoms with E-state index in [2.05, 4.69) is 12.1 Å². The van der Waals surface area contributed by atoms with Crippen molar-refractivity contribution in [2.75, 3.05) is 7.11 Å². The van der Waals surface area contributed by atoms with E-state index >= 15 is 0 Å². The van der Waals surface area contributed by atoms with Gasteiger partial charge in [-0.25, -0.2) is 0 Å². The minimum atomic E-state index is -1.03. The Balaban J connectivity index is 2.05. The van der Waals surface area contributed by atoms with Crippen molar-refractivity contribution in [3.63, 3.8) is 0 Å². The summed E-state index contributed by atoms with van der Waals surface area (Å²) in [5.41, 5.74) is 0.695. The van der Waals surface area contributed by atoms with Crippen molar-refractivity contribution in [3.8, 4) is 5.75 Å². The molecule has 0 heterocycles. The van der Waals surface area contributed by atoms with Crippen molar-refractivity contribution < 1.29 is 9.84 Å². The second-order valence-electron chi connectivity index (χ2n) is 5.36. The molecular formula is C19H18O2. The van der Waals surface area contributed by atoms with E-state index in [1.165, 1.54) is 5.39 Å². The highest BCUT2D eigenvalue weighted by molar-refractivity contribution is 5.83. The number of ether oxygens (including phenoxy) is 1. The molecule has 0 radical (unpaired) electrons. The Kier molecular flexibility index (Phi) is 3.40. The Bertz CT molecular complexity index is 758. The smallest absolute Gasteiger partial charge is 0.118 e. The van der Waals surface area contributed by atoms with Crippen LogP contribution >= 0.6 is 0 Å². The summed E-state index contributed by atoms with van der Waals surface area (Å²) < 4.78 is 5.16. The molecule has 0 amide bonds. The molecule has 0 saturated carbocycles. The van der Waals surface area contributed by atoms with Gasteiger partial charge in [-0.05, 0) is 47.0 Å². The summed E-state index contributed by atoms with van der Waals surface area (Å²) in [6, 6.07) is 21.7. The van der Waals surface area contributed by atoms with Gasteiger partial charge in [0.1, 0.15) is 11.4 Å². The van der Waals surface area contributed by atoms with Crippen LogP contribution in [-0.2, 0) is 5.60 Å². The lowest BCUT2D eigenvalue weighted by molar-refractivity contribution is 0.102. The summed E-state index contributed by atoms with van der Waals surface area (Å²) in [6.07, 6.45) is 0. The summed E-state index contributed by atoms with van der Waals surface area (Å²) in [5.74, 6) is 0.785. The first-order valence-electron chi connectivity index (χ1n) is 6.97. The van der Waals surface area contributed by atoms with Crippen molar-refractivity contribution in [1.29, 1.82) is 0 Å². The Hall–Kier alpha value is -2.32. The number of rotatable bonds is 3. The standard InChI is InChI=1S/C19H18O2/c1-19(20,16-9-11-18(21-2)12-10-16)17-8-7-14-5-3-4-6-15(14)13-17/h3-13,20H,1-2H3/t19-/m0/s1. The van der Waals surface area contributed by atoms with Crippen LogP contribution in [0.5, 0.6) is 5.75 Å². The first kappa shape index (κ1) is 13.7. The summed E-state index contributed by atoms with van der Waals surface area (Å²) in [5, 5.41) is 13.2. The lowest BCUT2D eigenvalue weighted by atomic mass is 9.87. The van der Waals surface area contributed by atoms with Gasteiger partial charge in [0.05, 0.1) is 7.11 Å². The molecule has 21 heavy (non-hydrogen) atoms. The van der Waals surface area contributed by atoms with Gasteiger partial charge in [0, 0.05) is 0 Å². The van der Waals surface area contributed by atoms with Gasteiger partial charge in [0.25, 0.3) is 0 Å². The van der Waals surface area contributed by atoms with Crippen LogP contribution in [0.1, 0.15) is 18.1 Å². The third kappa shape index (κ3) is 2.50. The predicted molar refractivity (Wildman–Crippen MR) is 85.6 cm³/mol. The fourth-order valence-electron chi connectivity index (χ4n) is 2.57. The largest absolute Gasteiger partial charge is 0.497 e. The van der Waals surface area contributed by atoms with E-state index in [1.807, 2.05) is 61.5 Å². The fourth-order valence-corrected chi connectivity index (χ4v) is 2.57. The molecule has 0 aliphatic carbocycles. The number of aliphatic hydroxyl groups is 1. The van der Waals surface area contributed by atoms with E-state index in [-0.39, 0.29) is 0 Å². The number of hydrogen-bond donors (Lipinski definition) is 1. The highest BCUT2D eigenvalue weighted by Crippen LogP contribution is 2.32. The maximum atomic E-state index is 10.9. The Morgan fingerprint density at radius 1 is 0.810 bits per heavy atom. The fraction of sp³-hybridized carbons (Fsp3) is 0.158. The van der Waals surface area contributed by atoms with Gasteiger partial charge in [-0.15, -0.1) is 0 Å². The first-order valence-corrected chi connectivity index (χ1v) is 6.97. The van der Waals surface area contributed by atoms with E-state index in [0.29, 0.717) is 0 Å². The van der Waals surface area contributed by atoms with Crippen LogP contribution in [0.3, 0.4) is 0 Å². The first-order chi connectivity index (χ1) is 10.1. The van der Waals surface area contributed by atoms with Crippen molar-refractivity contribution >= 4 is 10.8 Å². The van der Waals surface area contributed by atoms with Crippen molar-refractivity contribution in [2.24, 2.45) is 0 Å². The summed E-state index contributed by atoms with van der Waals surface area (Å²) in [4.78, 5) is 0. The van der Waals surface area contributed by atoms with Gasteiger partial charge < -0.3 is 9.84 Å². The molecule has 0 fully saturated rings. The van der Waals surface area contributed by atoms with E-state index in [1.54, 1.807) is 7.11 Å². The molecule has 0 saturated heterocycles. The molecule has 0 bridgehead atoms. The van der Waals surface area contributed by atoms with Crippen molar-refractivity contribution in [1.82, 2.24) is 0 Å². The van der Waals surface area contributed by atoms with Gasteiger partial charge >= 0.3 is 0 Å². The molecule has 0 unspecified atom stereocenters. The monoisotopic (exact) mass is 278 g/mol. The molecule has 2 nitrogen and oxygen atoms in total. The molecule has 0 aliphatic rings. The van der Waals surface area contributed by atoms with Crippen LogP contribution in [-0.4, -0.2) is 12.2 Å². The maximum absolute atomic E-state index is 10.9. The number of methoxy groups -OCH3 is 1. The van der Waals surface area contributed by atoms with E-state index in [4.69, 9.17) is 4.74 Å². The van der Waals surface area contributed by atoms with Crippen molar-refractivity contribution in [2.45, 2.75) is 12.5 Å². The van der Waals surface area contributed by atoms with Crippen LogP contribution in [0, 0.1) is 0 Å². The molecule has 0 spiro atoms. The van der Waals surface area contributed by atoms with Crippen LogP contribution in [0.15, 0.2) is 66.7 Å². The average Bonchev–Trinajstić information content (AvgIpc) is 2.54. The summed E-state index contributed by atoms with van der Waals surface area (Å²) >= 11 is 0. The molecule has 1 atom stereocenters. The highest BCUT2D eigenvalue weighted by Gasteiger charge is 2.25. The second kappa shape index (κ2) is 5.23. The lowest BCUT2D eigenvalue weighted by Gasteiger charge is -2.25. The van der Waals surface area contributed by atoms with Crippen LogP contribution in [0.4, 0.5) is 0 Å². The molecule has 3 aromatic carbocycles. The Labute approximate surface area is 124 Å². The lowest BCUT2D eigenvalue weighted by Crippen LogP contribution is -2.22. The quantitative estimate of drug-likeness (QED) is 0.781. The third-order valence-electron chi connectivity index (χ3n) is 3.96. The van der Waals surface area contributed by atoms with Crippen molar-refractivity contribution in [3.05, 3.63) is 77.9 Å². The Morgan fingerprint density at radius 3 is 2.10 bits per heavy atom. The molecular weight excluding hydrogens is 260 g/mol. The predicted octanol–water partition coefficient (Wildman–Crippen LogP) is 4.10. The van der Waals surface area contributed by atoms with Crippen LogP contribution in [0.2, 0.25) is 0 Å². The topological polar surface area (TPSA) is 29.5 Å². The zero-order valence-corrected chi connectivity index (χ0v) is 12.2. The second-order valence-corrected chi connectivity index (χ2v) is 5.36. The molecule has 2 heteroatoms. The SMILES string of the molecule is COc1ccc([C@](C)(O)c2ccc3ccccc3c2)cc1. The third-order valence-corrected chi connectivity index (χ3v) is 3.96. The Morgan fingerprint density at radius 2 is 1.43 bits per heavy atom. The van der Waals surface area contributed by atoms with Gasteiger partial charge in [-0.2, -0.15) is 0 Å². The van der Waals surface area contributed by atoms with Gasteiger partial charge in [-0.1, -0.05) is 48.5 Å². The van der Waals surface area contributed by atoms with E-state index in [0.717, 1.165) is 22.3 Å². The molecule has 3 rings (SSSR count). The highest BCUT2D eigenvalue weighted by atomic mass is 16.5. The van der Waals surface area contributed by atoms with Crippen LogP contribution in [0.25, 0.3) is 10.8 Å². The molecule has 0 aromatic heterocycles. The summed E-state index contributed by atoms with van der Waals surface area (Å²) in [6.45, 7) is 1.82. The number of hydrogen-bond acceptors (Lipinski definition) is 2. The molecule has 1 N–H and O–H groups in total. The van der Waals surface area contributed by atoms with Gasteiger partial charge in [0.2, 0.25) is 0 Å². The molecule has 3 aromatic rings. The number of benzene rings is 3. The van der Waals surface area contributed by atoms with E-state index in [9.17, 15) is 5.11 Å². The normalized spacial score (nSPS) is 13.9. The van der Waals surface area contributed by atoms with Gasteiger partial charge in [0.15, 0.2) is 0 Å². The molecule has 0 aliphatic heterocycles. The zero-order chi connectivity index (χ0) is 14.9. The maximum Gasteiger partial charge on any atom is 0.118 e. The zero-order valence-electron chi connectivity index (χ0n) is 12.2. The number of fused-ring (bicyclic) bond motifs is 1. The molecule has 106 valence electrons. The van der Waals surface area contributed by atoms with Crippen LogP contribution < -0.4 is 4.74 Å². The average molecular weight is 278 g/mol. The summed E-state index contributed by atoms with van der Waals surface area (Å²) in [7, 11) is 1.64. The van der Waals surface area contributed by atoms with Gasteiger partial charge in [-0.3, -0.25) is 0 Å².